The Morgan fingerprint density at radius 3 is 1.36 bits per heavy atom. The Bertz CT molecular complexity index is 3510. The van der Waals surface area contributed by atoms with E-state index in [0.717, 1.165) is 60.9 Å². The van der Waals surface area contributed by atoms with E-state index in [1.165, 1.54) is 48.0 Å². The summed E-state index contributed by atoms with van der Waals surface area (Å²) in [6.45, 7) is 24.9. The van der Waals surface area contributed by atoms with Crippen LogP contribution in [0.5, 0.6) is 0 Å². The van der Waals surface area contributed by atoms with Crippen molar-refractivity contribution in [2.24, 2.45) is 0 Å². The van der Waals surface area contributed by atoms with Crippen molar-refractivity contribution in [3.05, 3.63) is 221 Å². The van der Waals surface area contributed by atoms with Gasteiger partial charge in [0.25, 0.3) is 0 Å². The number of nitrogens with zero attached hydrogens (tertiary/aromatic N) is 3. The first-order valence-electron chi connectivity index (χ1n) is 25.0. The van der Waals surface area contributed by atoms with Crippen molar-refractivity contribution < 1.29 is 0 Å². The molecular weight excluding hydrogens is 934 g/mol. The van der Waals surface area contributed by atoms with Crippen LogP contribution in [0.3, 0.4) is 0 Å². The molecule has 0 aliphatic heterocycles. The molecule has 10 aromatic rings. The number of rotatable bonds is 10. The minimum absolute atomic E-state index is 0.00387. The van der Waals surface area contributed by atoms with E-state index >= 15 is 0 Å². The van der Waals surface area contributed by atoms with Crippen molar-refractivity contribution in [3.63, 3.8) is 0 Å². The van der Waals surface area contributed by atoms with Gasteiger partial charge in [-0.15, -0.1) is 22.7 Å². The molecule has 0 aliphatic rings. The zero-order chi connectivity index (χ0) is 50.7. The van der Waals surface area contributed by atoms with Crippen LogP contribution in [0.25, 0.3) is 31.3 Å². The quantitative estimate of drug-likeness (QED) is 0.135. The monoisotopic (exact) mass is 997 g/mol. The van der Waals surface area contributed by atoms with Crippen LogP contribution in [0.4, 0.5) is 49.8 Å². The second-order valence-electron chi connectivity index (χ2n) is 22.3. The highest BCUT2D eigenvalue weighted by atomic mass is 35.5. The van der Waals surface area contributed by atoms with E-state index in [9.17, 15) is 0 Å². The maximum Gasteiger partial charge on any atom is 0.101 e. The third-order valence-electron chi connectivity index (χ3n) is 13.7. The van der Waals surface area contributed by atoms with E-state index in [4.69, 9.17) is 11.6 Å². The predicted octanol–water partition coefficient (Wildman–Crippen LogP) is 21.4. The predicted molar refractivity (Wildman–Crippen MR) is 317 cm³/mol. The van der Waals surface area contributed by atoms with Crippen LogP contribution in [0, 0.1) is 13.8 Å². The van der Waals surface area contributed by atoms with Crippen LogP contribution < -0.4 is 14.7 Å². The summed E-state index contributed by atoms with van der Waals surface area (Å²) in [5.74, 6) is 0. The second-order valence-corrected chi connectivity index (χ2v) is 24.8. The van der Waals surface area contributed by atoms with Gasteiger partial charge in [0.1, 0.15) is 10.0 Å². The Labute approximate surface area is 440 Å². The highest BCUT2D eigenvalue weighted by Crippen LogP contribution is 2.55. The van der Waals surface area contributed by atoms with Crippen molar-refractivity contribution in [3.8, 4) is 11.1 Å². The Kier molecular flexibility index (Phi) is 13.0. The van der Waals surface area contributed by atoms with Gasteiger partial charge < -0.3 is 9.80 Å². The molecule has 362 valence electrons. The van der Waals surface area contributed by atoms with Gasteiger partial charge in [-0.2, -0.15) is 0 Å². The zero-order valence-corrected chi connectivity index (χ0v) is 45.8. The third-order valence-corrected chi connectivity index (χ3v) is 16.3. The lowest BCUT2D eigenvalue weighted by Gasteiger charge is -2.34. The summed E-state index contributed by atoms with van der Waals surface area (Å²) in [6, 6.07) is 69.4. The highest BCUT2D eigenvalue weighted by molar-refractivity contribution is 7.23. The molecule has 0 unspecified atom stereocenters. The van der Waals surface area contributed by atoms with E-state index in [0.29, 0.717) is 5.02 Å². The van der Waals surface area contributed by atoms with E-state index in [-0.39, 0.29) is 16.2 Å². The smallest absolute Gasteiger partial charge is 0.101 e. The van der Waals surface area contributed by atoms with E-state index < -0.39 is 0 Å². The molecule has 0 spiro atoms. The summed E-state index contributed by atoms with van der Waals surface area (Å²) >= 11 is 12.0. The number of fused-ring (bicyclic) bond motifs is 2. The van der Waals surface area contributed by atoms with E-state index in [1.54, 1.807) is 11.3 Å². The average molecular weight is 999 g/mol. The number of aryl methyl sites for hydroxylation is 2. The normalized spacial score (nSPS) is 12.2. The first kappa shape index (κ1) is 49.0. The summed E-state index contributed by atoms with van der Waals surface area (Å²) in [5, 5.41) is 5.17. The van der Waals surface area contributed by atoms with Crippen LogP contribution >= 0.6 is 34.3 Å². The van der Waals surface area contributed by atoms with Crippen molar-refractivity contribution >= 4 is 104 Å². The number of para-hydroxylation sites is 2. The number of halogens is 1. The molecule has 0 saturated heterocycles. The van der Waals surface area contributed by atoms with Crippen molar-refractivity contribution in [1.29, 1.82) is 0 Å². The van der Waals surface area contributed by atoms with Crippen LogP contribution in [0.15, 0.2) is 188 Å². The molecule has 0 bridgehead atoms. The molecule has 72 heavy (non-hydrogen) atoms. The summed E-state index contributed by atoms with van der Waals surface area (Å²) in [6.07, 6.45) is 0. The summed E-state index contributed by atoms with van der Waals surface area (Å²) < 4.78 is 2.46. The lowest BCUT2D eigenvalue weighted by Crippen LogP contribution is -2.17. The molecule has 0 atom stereocenters. The van der Waals surface area contributed by atoms with Gasteiger partial charge in [-0.25, -0.2) is 0 Å². The summed E-state index contributed by atoms with van der Waals surface area (Å²) in [5.41, 5.74) is 15.4. The Morgan fingerprint density at radius 1 is 0.361 bits per heavy atom. The fraction of sp³-hybridized carbons (Fsp3) is 0.212. The largest absolute Gasteiger partial charge is 0.310 e. The Balaban J connectivity index is 1.32. The van der Waals surface area contributed by atoms with E-state index in [2.05, 4.69) is 279 Å². The fourth-order valence-corrected chi connectivity index (χ4v) is 12.2. The molecule has 0 saturated carbocycles. The van der Waals surface area contributed by atoms with Crippen LogP contribution in [0.2, 0.25) is 5.02 Å². The lowest BCUT2D eigenvalue weighted by atomic mass is 9.86. The highest BCUT2D eigenvalue weighted by Gasteiger charge is 2.30. The van der Waals surface area contributed by atoms with Gasteiger partial charge >= 0.3 is 0 Å². The average Bonchev–Trinajstić information content (AvgIpc) is 3.97. The molecular formula is C66H64ClN3S2. The molecule has 2 aromatic heterocycles. The maximum atomic E-state index is 8.39. The fourth-order valence-electron chi connectivity index (χ4n) is 9.55. The van der Waals surface area contributed by atoms with Gasteiger partial charge in [-0.05, 0) is 154 Å². The van der Waals surface area contributed by atoms with Crippen LogP contribution in [0.1, 0.15) is 90.1 Å². The third kappa shape index (κ3) is 9.83. The molecule has 8 aromatic carbocycles. The molecule has 0 amide bonds. The van der Waals surface area contributed by atoms with Crippen molar-refractivity contribution in [2.45, 2.75) is 92.4 Å². The van der Waals surface area contributed by atoms with Crippen molar-refractivity contribution in [2.75, 3.05) is 14.7 Å². The number of thiophene rings is 2. The number of benzene rings is 8. The minimum Gasteiger partial charge on any atom is -0.310 e. The molecule has 0 N–H and O–H groups in total. The first-order valence-corrected chi connectivity index (χ1v) is 27.0. The van der Waals surface area contributed by atoms with Gasteiger partial charge in [-0.3, -0.25) is 4.90 Å². The van der Waals surface area contributed by atoms with Crippen LogP contribution in [-0.2, 0) is 16.2 Å². The number of anilines is 9. The number of hydrogen-bond acceptors (Lipinski definition) is 5. The molecule has 6 heteroatoms. The number of hydrogen-bond donors (Lipinski definition) is 0. The van der Waals surface area contributed by atoms with E-state index in [1.807, 2.05) is 11.3 Å². The zero-order valence-electron chi connectivity index (χ0n) is 43.4. The Hall–Kier alpha value is -6.63. The minimum atomic E-state index is -0.0248. The second kappa shape index (κ2) is 19.1. The maximum absolute atomic E-state index is 8.39. The summed E-state index contributed by atoms with van der Waals surface area (Å²) in [4.78, 5) is 7.18. The van der Waals surface area contributed by atoms with Gasteiger partial charge in [0.15, 0.2) is 0 Å². The SMILES string of the molecule is Cc1ccc(N(c2cc3ccc(C)cc3s2)c2cc(N(c3ccccc3)c3ccccc3)cc(N(c3ccc(C(C)(C)C)cc3)c3cc4ccc(C(C)(C)C)cc4s3)c2Cl)c(-c2ccc(C(C)(C)C)cc2)c1. The molecule has 2 heterocycles. The molecule has 0 aliphatic carbocycles. The summed E-state index contributed by atoms with van der Waals surface area (Å²) in [7, 11) is 0. The van der Waals surface area contributed by atoms with Gasteiger partial charge in [0.05, 0.1) is 27.8 Å². The van der Waals surface area contributed by atoms with Crippen LogP contribution in [-0.4, -0.2) is 0 Å². The van der Waals surface area contributed by atoms with Gasteiger partial charge in [0.2, 0.25) is 0 Å². The molecule has 10 rings (SSSR count). The first-order chi connectivity index (χ1) is 34.3. The van der Waals surface area contributed by atoms with Crippen molar-refractivity contribution in [1.82, 2.24) is 0 Å². The molecule has 0 fully saturated rings. The molecule has 3 nitrogen and oxygen atoms in total. The lowest BCUT2D eigenvalue weighted by molar-refractivity contribution is 0.590. The topological polar surface area (TPSA) is 9.72 Å². The standard InChI is InChI=1S/C66H64ClN3S2/c1-43-23-35-56(55(36-43)45-25-28-48(29-26-45)64(3,4)5)70(62-39-46-24-22-44(2)37-59(46)71-62)58-42-54(68(51-18-14-12-15-19-51)52-20-16-13-17-21-52)41-57(63(58)67)69(53-33-31-49(32-34-53)65(6,7)8)61-38-47-27-30-50(66(9,10)11)40-60(47)72-61/h12-42H,1-11H3. The van der Waals surface area contributed by atoms with Gasteiger partial charge in [0, 0.05) is 32.0 Å². The Morgan fingerprint density at radius 2 is 0.806 bits per heavy atom. The van der Waals surface area contributed by atoms with Gasteiger partial charge in [-0.1, -0.05) is 183 Å². The molecule has 0 radical (unpaired) electrons.